The predicted molar refractivity (Wildman–Crippen MR) is 74.7 cm³/mol. The first kappa shape index (κ1) is 22.1. The van der Waals surface area contributed by atoms with Crippen LogP contribution >= 0.6 is 23.5 Å². The maximum atomic E-state index is 11.4. The van der Waals surface area contributed by atoms with Crippen molar-refractivity contribution in [2.75, 3.05) is 13.2 Å². The van der Waals surface area contributed by atoms with Crippen LogP contribution in [0, 0.1) is 0 Å². The van der Waals surface area contributed by atoms with Gasteiger partial charge in [-0.25, -0.2) is 13.7 Å². The predicted octanol–water partition coefficient (Wildman–Crippen LogP) is 1.70. The standard InChI is InChI=1S/C8H19O11P3/c1-7(2)17-21(12,13)19-22(14,15)18-20(10,11)16-5-4-8(3)6-9/h4,7,9H,5-6H2,1-3H3,(H,10,11)(H,12,13)(H,14,15)/b8-4+. The summed E-state index contributed by atoms with van der Waals surface area (Å²) in [5.74, 6) is 0. The topological polar surface area (TPSA) is 169 Å². The number of aliphatic hydroxyl groups excluding tert-OH is 1. The van der Waals surface area contributed by atoms with E-state index < -0.39 is 36.2 Å². The molecule has 0 aliphatic rings. The first-order valence-electron chi connectivity index (χ1n) is 5.79. The molecule has 11 nitrogen and oxygen atoms in total. The molecule has 0 heterocycles. The van der Waals surface area contributed by atoms with Crippen LogP contribution in [0.4, 0.5) is 0 Å². The van der Waals surface area contributed by atoms with E-state index in [1.165, 1.54) is 26.8 Å². The number of hydrogen-bond acceptors (Lipinski definition) is 8. The van der Waals surface area contributed by atoms with Gasteiger partial charge in [-0.2, -0.15) is 8.62 Å². The third-order valence-corrected chi connectivity index (χ3v) is 6.14. The van der Waals surface area contributed by atoms with E-state index in [1.54, 1.807) is 0 Å². The van der Waals surface area contributed by atoms with Crippen molar-refractivity contribution in [3.63, 3.8) is 0 Å². The van der Waals surface area contributed by atoms with Gasteiger partial charge in [0.15, 0.2) is 0 Å². The second-order valence-electron chi connectivity index (χ2n) is 4.23. The van der Waals surface area contributed by atoms with Gasteiger partial charge >= 0.3 is 23.5 Å². The highest BCUT2D eigenvalue weighted by atomic mass is 31.3. The molecule has 0 aliphatic heterocycles. The molecule has 22 heavy (non-hydrogen) atoms. The van der Waals surface area contributed by atoms with Gasteiger partial charge in [0.05, 0.1) is 19.3 Å². The van der Waals surface area contributed by atoms with Crippen molar-refractivity contribution in [3.8, 4) is 0 Å². The highest BCUT2D eigenvalue weighted by molar-refractivity contribution is 7.66. The summed E-state index contributed by atoms with van der Waals surface area (Å²) in [5.41, 5.74) is 0.411. The van der Waals surface area contributed by atoms with Gasteiger partial charge in [0.2, 0.25) is 0 Å². The molecule has 0 saturated heterocycles. The second kappa shape index (κ2) is 8.82. The highest BCUT2D eigenvalue weighted by Crippen LogP contribution is 2.67. The second-order valence-corrected chi connectivity index (χ2v) is 8.81. The van der Waals surface area contributed by atoms with Crippen LogP contribution in [0.15, 0.2) is 11.6 Å². The van der Waals surface area contributed by atoms with E-state index in [0.717, 1.165) is 0 Å². The van der Waals surface area contributed by atoms with Crippen molar-refractivity contribution in [3.05, 3.63) is 11.6 Å². The van der Waals surface area contributed by atoms with Gasteiger partial charge in [-0.05, 0) is 26.3 Å². The molecular weight excluding hydrogens is 365 g/mol. The smallest absolute Gasteiger partial charge is 0.392 e. The molecule has 0 spiro atoms. The molecule has 14 heteroatoms. The molecule has 132 valence electrons. The van der Waals surface area contributed by atoms with Gasteiger partial charge in [0.25, 0.3) is 0 Å². The number of hydrogen-bond donors (Lipinski definition) is 4. The van der Waals surface area contributed by atoms with Gasteiger partial charge < -0.3 is 19.8 Å². The Morgan fingerprint density at radius 2 is 1.55 bits per heavy atom. The van der Waals surface area contributed by atoms with Crippen molar-refractivity contribution in [1.82, 2.24) is 0 Å². The zero-order valence-corrected chi connectivity index (χ0v) is 14.7. The third kappa shape index (κ3) is 10.8. The summed E-state index contributed by atoms with van der Waals surface area (Å²) < 4.78 is 50.4. The quantitative estimate of drug-likeness (QED) is 0.319. The lowest BCUT2D eigenvalue weighted by Gasteiger charge is -2.18. The largest absolute Gasteiger partial charge is 0.490 e. The molecule has 0 aliphatic carbocycles. The van der Waals surface area contributed by atoms with E-state index in [-0.39, 0.29) is 6.61 Å². The Bertz CT molecular complexity index is 527. The molecule has 3 atom stereocenters. The van der Waals surface area contributed by atoms with Crippen LogP contribution in [-0.4, -0.2) is 39.1 Å². The SMILES string of the molecule is C/C(=C\COP(=O)(O)OP(=O)(O)OP(=O)(O)OC(C)C)CO. The minimum atomic E-state index is -5.41. The van der Waals surface area contributed by atoms with Crippen molar-refractivity contribution in [2.24, 2.45) is 0 Å². The first-order valence-corrected chi connectivity index (χ1v) is 10.3. The van der Waals surface area contributed by atoms with Crippen LogP contribution in [0.5, 0.6) is 0 Å². The number of rotatable bonds is 10. The maximum Gasteiger partial charge on any atom is 0.490 e. The molecule has 0 bridgehead atoms. The van der Waals surface area contributed by atoms with Gasteiger partial charge in [0, 0.05) is 0 Å². The molecule has 0 saturated carbocycles. The molecule has 0 aromatic heterocycles. The summed E-state index contributed by atoms with van der Waals surface area (Å²) in [5, 5.41) is 8.69. The molecule has 0 radical (unpaired) electrons. The summed E-state index contributed by atoms with van der Waals surface area (Å²) in [7, 11) is -15.4. The van der Waals surface area contributed by atoms with Crippen molar-refractivity contribution >= 4 is 23.5 Å². The van der Waals surface area contributed by atoms with E-state index >= 15 is 0 Å². The lowest BCUT2D eigenvalue weighted by atomic mass is 10.3. The van der Waals surface area contributed by atoms with Crippen LogP contribution in [0.3, 0.4) is 0 Å². The summed E-state index contributed by atoms with van der Waals surface area (Å²) in [6.07, 6.45) is 0.397. The van der Waals surface area contributed by atoms with Crippen molar-refractivity contribution < 1.29 is 51.2 Å². The van der Waals surface area contributed by atoms with Crippen molar-refractivity contribution in [1.29, 1.82) is 0 Å². The van der Waals surface area contributed by atoms with Gasteiger partial charge in [-0.15, -0.1) is 0 Å². The number of phosphoric ester groups is 2. The lowest BCUT2D eigenvalue weighted by molar-refractivity contribution is 0.140. The molecule has 0 aromatic carbocycles. The summed E-state index contributed by atoms with van der Waals surface area (Å²) in [6.45, 7) is 3.37. The Kier molecular flexibility index (Phi) is 8.86. The monoisotopic (exact) mass is 384 g/mol. The average Bonchev–Trinajstić information content (AvgIpc) is 2.22. The Morgan fingerprint density at radius 1 is 1.05 bits per heavy atom. The Balaban J connectivity index is 4.72. The Hall–Kier alpha value is 0.110. The fraction of sp³-hybridized carbons (Fsp3) is 0.750. The average molecular weight is 384 g/mol. The summed E-state index contributed by atoms with van der Waals surface area (Å²) in [4.78, 5) is 27.5. The van der Waals surface area contributed by atoms with Crippen LogP contribution in [0.2, 0.25) is 0 Å². The van der Waals surface area contributed by atoms with Crippen LogP contribution in [0.25, 0.3) is 0 Å². The highest BCUT2D eigenvalue weighted by Gasteiger charge is 2.42. The normalized spacial score (nSPS) is 21.2. The van der Waals surface area contributed by atoms with E-state index in [2.05, 4.69) is 17.7 Å². The number of phosphoric acid groups is 3. The zero-order valence-electron chi connectivity index (χ0n) is 12.1. The molecule has 0 aromatic rings. The first-order chi connectivity index (χ1) is 9.79. The Morgan fingerprint density at radius 3 is 2.00 bits per heavy atom. The molecule has 0 fully saturated rings. The van der Waals surface area contributed by atoms with Gasteiger partial charge in [-0.3, -0.25) is 9.05 Å². The fourth-order valence-electron chi connectivity index (χ4n) is 0.923. The van der Waals surface area contributed by atoms with Crippen LogP contribution < -0.4 is 0 Å². The fourth-order valence-corrected chi connectivity index (χ4v) is 4.54. The summed E-state index contributed by atoms with van der Waals surface area (Å²) >= 11 is 0. The Labute approximate surface area is 127 Å². The summed E-state index contributed by atoms with van der Waals surface area (Å²) in [6, 6.07) is 0. The maximum absolute atomic E-state index is 11.4. The zero-order chi connectivity index (χ0) is 17.6. The van der Waals surface area contributed by atoms with Gasteiger partial charge in [0.1, 0.15) is 0 Å². The van der Waals surface area contributed by atoms with Crippen molar-refractivity contribution in [2.45, 2.75) is 26.9 Å². The van der Waals surface area contributed by atoms with E-state index in [9.17, 15) is 23.5 Å². The minimum Gasteiger partial charge on any atom is -0.392 e. The lowest BCUT2D eigenvalue weighted by Crippen LogP contribution is -2.03. The van der Waals surface area contributed by atoms with E-state index in [1.807, 2.05) is 0 Å². The van der Waals surface area contributed by atoms with Gasteiger partial charge in [-0.1, -0.05) is 6.08 Å². The molecular formula is C8H19O11P3. The van der Waals surface area contributed by atoms with E-state index in [0.29, 0.717) is 5.57 Å². The minimum absolute atomic E-state index is 0.318. The van der Waals surface area contributed by atoms with E-state index in [4.69, 9.17) is 10.00 Å². The molecule has 0 amide bonds. The van der Waals surface area contributed by atoms with Crippen LogP contribution in [0.1, 0.15) is 20.8 Å². The molecule has 0 rings (SSSR count). The number of aliphatic hydroxyl groups is 1. The molecule has 3 unspecified atom stereocenters. The van der Waals surface area contributed by atoms with Crippen LogP contribution in [-0.2, 0) is 31.4 Å². The third-order valence-electron chi connectivity index (χ3n) is 1.68. The molecule has 4 N–H and O–H groups in total.